The Morgan fingerprint density at radius 3 is 2.84 bits per heavy atom. The quantitative estimate of drug-likeness (QED) is 0.905. The van der Waals surface area contributed by atoms with Crippen molar-refractivity contribution in [3.05, 3.63) is 29.8 Å². The third-order valence-electron chi connectivity index (χ3n) is 3.86. The van der Waals surface area contributed by atoms with E-state index in [4.69, 9.17) is 14.5 Å². The van der Waals surface area contributed by atoms with Crippen LogP contribution in [0.3, 0.4) is 0 Å². The van der Waals surface area contributed by atoms with Crippen LogP contribution in [0.2, 0.25) is 0 Å². The highest BCUT2D eigenvalue weighted by Gasteiger charge is 2.29. The molecule has 2 heterocycles. The van der Waals surface area contributed by atoms with E-state index in [0.717, 1.165) is 43.1 Å². The first-order chi connectivity index (χ1) is 9.38. The Bertz CT molecular complexity index is 467. The van der Waals surface area contributed by atoms with Gasteiger partial charge in [0, 0.05) is 11.5 Å². The van der Waals surface area contributed by atoms with E-state index in [-0.39, 0.29) is 6.04 Å². The second-order valence-electron chi connectivity index (χ2n) is 5.06. The van der Waals surface area contributed by atoms with Crippen LogP contribution < -0.4 is 10.1 Å². The molecule has 4 nitrogen and oxygen atoms in total. The Labute approximate surface area is 113 Å². The number of ether oxygens (including phenoxy) is 2. The first-order valence-electron chi connectivity index (χ1n) is 6.92. The molecule has 0 bridgehead atoms. The van der Waals surface area contributed by atoms with Crippen LogP contribution in [0, 0.1) is 5.92 Å². The van der Waals surface area contributed by atoms with Crippen LogP contribution in [0.25, 0.3) is 0 Å². The molecule has 0 radical (unpaired) electrons. The topological polar surface area (TPSA) is 42.9 Å². The van der Waals surface area contributed by atoms with Gasteiger partial charge in [-0.1, -0.05) is 18.2 Å². The third-order valence-corrected chi connectivity index (χ3v) is 3.86. The predicted molar refractivity (Wildman–Crippen MR) is 74.7 cm³/mol. The molecule has 4 heteroatoms. The van der Waals surface area contributed by atoms with Crippen molar-refractivity contribution in [2.24, 2.45) is 10.9 Å². The van der Waals surface area contributed by atoms with Crippen LogP contribution >= 0.6 is 0 Å². The molecule has 19 heavy (non-hydrogen) atoms. The third kappa shape index (κ3) is 2.59. The zero-order valence-electron chi connectivity index (χ0n) is 11.3. The van der Waals surface area contributed by atoms with Gasteiger partial charge in [0.2, 0.25) is 0 Å². The molecule has 3 rings (SSSR count). The van der Waals surface area contributed by atoms with Gasteiger partial charge in [-0.2, -0.15) is 0 Å². The van der Waals surface area contributed by atoms with Gasteiger partial charge in [-0.3, -0.25) is 0 Å². The molecule has 1 N–H and O–H groups in total. The van der Waals surface area contributed by atoms with Gasteiger partial charge in [0.25, 0.3) is 0 Å². The monoisotopic (exact) mass is 260 g/mol. The standard InChI is InChI=1S/C15H20N2O2/c1-18-14-5-3-2-4-12(14)13-10-19-15(17-13)11-6-8-16-9-7-11/h2-5,11,13,16H,6-10H2,1H3. The minimum atomic E-state index is 0.0843. The van der Waals surface area contributed by atoms with Gasteiger partial charge in [0.15, 0.2) is 5.90 Å². The summed E-state index contributed by atoms with van der Waals surface area (Å²) < 4.78 is 11.2. The molecule has 0 aromatic heterocycles. The minimum Gasteiger partial charge on any atom is -0.496 e. The van der Waals surface area contributed by atoms with E-state index in [9.17, 15) is 0 Å². The Morgan fingerprint density at radius 2 is 2.05 bits per heavy atom. The van der Waals surface area contributed by atoms with Gasteiger partial charge in [-0.15, -0.1) is 0 Å². The number of nitrogens with zero attached hydrogens (tertiary/aromatic N) is 1. The predicted octanol–water partition coefficient (Wildman–Crippen LogP) is 2.16. The number of para-hydroxylation sites is 1. The van der Waals surface area contributed by atoms with E-state index >= 15 is 0 Å². The number of aliphatic imine (C=N–C) groups is 1. The highest BCUT2D eigenvalue weighted by atomic mass is 16.5. The summed E-state index contributed by atoms with van der Waals surface area (Å²) in [5.74, 6) is 2.32. The Hall–Kier alpha value is -1.55. The van der Waals surface area contributed by atoms with Crippen LogP contribution in [0.5, 0.6) is 5.75 Å². The number of methoxy groups -OCH3 is 1. The number of nitrogens with one attached hydrogen (secondary N) is 1. The maximum Gasteiger partial charge on any atom is 0.187 e. The highest BCUT2D eigenvalue weighted by molar-refractivity contribution is 5.80. The van der Waals surface area contributed by atoms with Crippen molar-refractivity contribution in [2.75, 3.05) is 26.8 Å². The van der Waals surface area contributed by atoms with Crippen LogP contribution in [0.15, 0.2) is 29.3 Å². The Kier molecular flexibility index (Phi) is 3.69. The Morgan fingerprint density at radius 1 is 1.26 bits per heavy atom. The maximum absolute atomic E-state index is 5.83. The normalized spacial score (nSPS) is 23.8. The van der Waals surface area contributed by atoms with Crippen molar-refractivity contribution in [1.29, 1.82) is 0 Å². The number of rotatable bonds is 3. The summed E-state index contributed by atoms with van der Waals surface area (Å²) in [6, 6.07) is 8.14. The highest BCUT2D eigenvalue weighted by Crippen LogP contribution is 2.32. The molecule has 1 unspecified atom stereocenters. The number of benzene rings is 1. The summed E-state index contributed by atoms with van der Waals surface area (Å²) in [7, 11) is 1.70. The zero-order chi connectivity index (χ0) is 13.1. The van der Waals surface area contributed by atoms with Gasteiger partial charge in [0.05, 0.1) is 7.11 Å². The summed E-state index contributed by atoms with van der Waals surface area (Å²) in [5, 5.41) is 3.37. The molecule has 1 atom stereocenters. The first-order valence-corrected chi connectivity index (χ1v) is 6.92. The first kappa shape index (κ1) is 12.5. The number of hydrogen-bond acceptors (Lipinski definition) is 4. The second kappa shape index (κ2) is 5.61. The van der Waals surface area contributed by atoms with Gasteiger partial charge < -0.3 is 14.8 Å². The zero-order valence-corrected chi connectivity index (χ0v) is 11.3. The van der Waals surface area contributed by atoms with Gasteiger partial charge in [-0.25, -0.2) is 4.99 Å². The molecule has 0 amide bonds. The molecule has 102 valence electrons. The van der Waals surface area contributed by atoms with Crippen molar-refractivity contribution < 1.29 is 9.47 Å². The van der Waals surface area contributed by atoms with Crippen molar-refractivity contribution in [3.8, 4) is 5.75 Å². The summed E-state index contributed by atoms with van der Waals surface area (Å²) in [6.45, 7) is 2.76. The van der Waals surface area contributed by atoms with E-state index in [1.54, 1.807) is 7.11 Å². The second-order valence-corrected chi connectivity index (χ2v) is 5.06. The molecule has 0 aliphatic carbocycles. The SMILES string of the molecule is COc1ccccc1C1COC(C2CCNCC2)=N1. The molecular formula is C15H20N2O2. The molecule has 1 aromatic rings. The maximum atomic E-state index is 5.83. The molecule has 0 saturated carbocycles. The lowest BCUT2D eigenvalue weighted by atomic mass is 9.98. The van der Waals surface area contributed by atoms with E-state index < -0.39 is 0 Å². The fourth-order valence-corrected chi connectivity index (χ4v) is 2.79. The van der Waals surface area contributed by atoms with E-state index in [1.807, 2.05) is 18.2 Å². The lowest BCUT2D eigenvalue weighted by molar-refractivity contribution is 0.283. The lowest BCUT2D eigenvalue weighted by Crippen LogP contribution is -2.31. The van der Waals surface area contributed by atoms with E-state index in [0.29, 0.717) is 12.5 Å². The van der Waals surface area contributed by atoms with Crippen molar-refractivity contribution in [1.82, 2.24) is 5.32 Å². The molecule has 1 fully saturated rings. The molecule has 1 saturated heterocycles. The summed E-state index contributed by atoms with van der Waals surface area (Å²) in [4.78, 5) is 4.78. The van der Waals surface area contributed by atoms with E-state index in [1.165, 1.54) is 0 Å². The van der Waals surface area contributed by atoms with Crippen LogP contribution in [0.1, 0.15) is 24.4 Å². The van der Waals surface area contributed by atoms with Crippen LogP contribution in [-0.2, 0) is 4.74 Å². The summed E-state index contributed by atoms with van der Waals surface area (Å²) in [6.07, 6.45) is 2.24. The van der Waals surface area contributed by atoms with E-state index in [2.05, 4.69) is 11.4 Å². The summed E-state index contributed by atoms with van der Waals surface area (Å²) in [5.41, 5.74) is 1.12. The fraction of sp³-hybridized carbons (Fsp3) is 0.533. The molecular weight excluding hydrogens is 240 g/mol. The molecule has 1 aromatic carbocycles. The largest absolute Gasteiger partial charge is 0.496 e. The van der Waals surface area contributed by atoms with Crippen molar-refractivity contribution >= 4 is 5.90 Å². The fourth-order valence-electron chi connectivity index (χ4n) is 2.79. The lowest BCUT2D eigenvalue weighted by Gasteiger charge is -2.21. The van der Waals surface area contributed by atoms with Crippen LogP contribution in [0.4, 0.5) is 0 Å². The van der Waals surface area contributed by atoms with Crippen LogP contribution in [-0.4, -0.2) is 32.7 Å². The van der Waals surface area contributed by atoms with Gasteiger partial charge in [-0.05, 0) is 32.0 Å². The Balaban J connectivity index is 1.78. The molecule has 2 aliphatic heterocycles. The van der Waals surface area contributed by atoms with Crippen molar-refractivity contribution in [3.63, 3.8) is 0 Å². The molecule has 2 aliphatic rings. The smallest absolute Gasteiger partial charge is 0.187 e. The summed E-state index contributed by atoms with van der Waals surface area (Å²) >= 11 is 0. The van der Waals surface area contributed by atoms with Gasteiger partial charge >= 0.3 is 0 Å². The minimum absolute atomic E-state index is 0.0843. The number of hydrogen-bond donors (Lipinski definition) is 1. The average Bonchev–Trinajstić information content (AvgIpc) is 2.98. The average molecular weight is 260 g/mol. The van der Waals surface area contributed by atoms with Crippen molar-refractivity contribution in [2.45, 2.75) is 18.9 Å². The number of piperidine rings is 1. The van der Waals surface area contributed by atoms with Gasteiger partial charge in [0.1, 0.15) is 18.4 Å². The molecule has 0 spiro atoms.